The number of nitrogens with zero attached hydrogens (tertiary/aromatic N) is 5. The number of imidazole rings is 1. The number of halogens is 1. The van der Waals surface area contributed by atoms with Gasteiger partial charge in [-0.2, -0.15) is 0 Å². The molecule has 1 aliphatic heterocycles. The lowest BCUT2D eigenvalue weighted by molar-refractivity contribution is 0.403. The van der Waals surface area contributed by atoms with E-state index in [-0.39, 0.29) is 0 Å². The van der Waals surface area contributed by atoms with Crippen LogP contribution in [0.1, 0.15) is 0 Å². The molecule has 0 saturated carbocycles. The third kappa shape index (κ3) is 4.12. The average Bonchev–Trinajstić information content (AvgIpc) is 3.29. The van der Waals surface area contributed by atoms with Gasteiger partial charge >= 0.3 is 0 Å². The van der Waals surface area contributed by atoms with Crippen molar-refractivity contribution < 1.29 is 9.47 Å². The van der Waals surface area contributed by atoms with E-state index in [0.717, 1.165) is 49.0 Å². The smallest absolute Gasteiger partial charge is 0.227 e. The van der Waals surface area contributed by atoms with Crippen molar-refractivity contribution in [3.8, 4) is 22.9 Å². The number of hydrogen-bond acceptors (Lipinski definition) is 8. The molecular weight excluding hydrogens is 442 g/mol. The Kier molecular flexibility index (Phi) is 5.89. The van der Waals surface area contributed by atoms with Gasteiger partial charge in [0.2, 0.25) is 5.95 Å². The van der Waals surface area contributed by atoms with E-state index in [0.29, 0.717) is 28.1 Å². The number of anilines is 3. The summed E-state index contributed by atoms with van der Waals surface area (Å²) in [5.74, 6) is 1.80. The van der Waals surface area contributed by atoms with E-state index in [1.807, 2.05) is 40.9 Å². The molecule has 0 atom stereocenters. The topological polar surface area (TPSA) is 88.8 Å². The van der Waals surface area contributed by atoms with Crippen molar-refractivity contribution in [2.75, 3.05) is 50.6 Å². The Morgan fingerprint density at radius 2 is 1.85 bits per heavy atom. The lowest BCUT2D eigenvalue weighted by Gasteiger charge is -2.31. The molecule has 0 bridgehead atoms. The quantitative estimate of drug-likeness (QED) is 0.446. The molecule has 1 saturated heterocycles. The van der Waals surface area contributed by atoms with Crippen LogP contribution in [-0.4, -0.2) is 59.8 Å². The molecule has 0 aliphatic carbocycles. The summed E-state index contributed by atoms with van der Waals surface area (Å²) >= 11 is 6.45. The predicted octanol–water partition coefficient (Wildman–Crippen LogP) is 3.62. The summed E-state index contributed by atoms with van der Waals surface area (Å²) in [6, 6.07) is 9.68. The summed E-state index contributed by atoms with van der Waals surface area (Å²) in [6.07, 6.45) is 5.25. The maximum atomic E-state index is 6.45. The highest BCUT2D eigenvalue weighted by molar-refractivity contribution is 6.32. The Balaban J connectivity index is 1.51. The van der Waals surface area contributed by atoms with Crippen LogP contribution in [0.15, 0.2) is 48.9 Å². The highest BCUT2D eigenvalue weighted by Gasteiger charge is 2.20. The minimum absolute atomic E-state index is 0.385. The molecule has 4 aromatic rings. The summed E-state index contributed by atoms with van der Waals surface area (Å²) in [5, 5.41) is 7.06. The zero-order valence-corrected chi connectivity index (χ0v) is 19.1. The number of piperazine rings is 1. The molecule has 0 radical (unpaired) electrons. The van der Waals surface area contributed by atoms with Crippen molar-refractivity contribution in [1.82, 2.24) is 24.7 Å². The number of hydrogen-bond donors (Lipinski definition) is 2. The Morgan fingerprint density at radius 1 is 1.03 bits per heavy atom. The predicted molar refractivity (Wildman–Crippen MR) is 129 cm³/mol. The van der Waals surface area contributed by atoms with E-state index in [9.17, 15) is 0 Å². The van der Waals surface area contributed by atoms with Gasteiger partial charge in [-0.25, -0.2) is 15.0 Å². The molecule has 2 N–H and O–H groups in total. The van der Waals surface area contributed by atoms with Crippen LogP contribution in [0.5, 0.6) is 11.5 Å². The van der Waals surface area contributed by atoms with E-state index in [2.05, 4.69) is 30.5 Å². The third-order valence-corrected chi connectivity index (χ3v) is 5.89. The lowest BCUT2D eigenvalue weighted by Crippen LogP contribution is -2.43. The zero-order chi connectivity index (χ0) is 22.8. The van der Waals surface area contributed by atoms with Gasteiger partial charge in [-0.05, 0) is 12.1 Å². The second-order valence-electron chi connectivity index (χ2n) is 7.55. The van der Waals surface area contributed by atoms with Gasteiger partial charge < -0.3 is 25.0 Å². The van der Waals surface area contributed by atoms with Crippen molar-refractivity contribution in [2.45, 2.75) is 0 Å². The standard InChI is InChI=1S/C23H24ClN7O2/c1-32-19-12-17(30-9-6-25-7-10-30)20(33-2)11-16(19)28-23-27-13-15(24)22(29-23)18-14-26-21-5-3-4-8-31(18)21/h3-5,8,11-14,25H,6-7,9-10H2,1-2H3,(H,27,28,29). The van der Waals surface area contributed by atoms with Crippen LogP contribution < -0.4 is 25.0 Å². The molecule has 33 heavy (non-hydrogen) atoms. The molecule has 170 valence electrons. The molecule has 3 aromatic heterocycles. The first-order valence-electron chi connectivity index (χ1n) is 10.6. The molecule has 10 heteroatoms. The van der Waals surface area contributed by atoms with Gasteiger partial charge in [0, 0.05) is 44.5 Å². The number of rotatable bonds is 6. The van der Waals surface area contributed by atoms with Crippen LogP contribution >= 0.6 is 11.6 Å². The minimum Gasteiger partial charge on any atom is -0.494 e. The van der Waals surface area contributed by atoms with Gasteiger partial charge in [-0.1, -0.05) is 17.7 Å². The first-order chi connectivity index (χ1) is 16.2. The summed E-state index contributed by atoms with van der Waals surface area (Å²) < 4.78 is 13.3. The zero-order valence-electron chi connectivity index (χ0n) is 18.4. The second-order valence-corrected chi connectivity index (χ2v) is 7.96. The summed E-state index contributed by atoms with van der Waals surface area (Å²) in [4.78, 5) is 15.8. The van der Waals surface area contributed by atoms with Gasteiger partial charge in [0.05, 0.1) is 48.7 Å². The Morgan fingerprint density at radius 3 is 2.64 bits per heavy atom. The van der Waals surface area contributed by atoms with Gasteiger partial charge in [-0.15, -0.1) is 0 Å². The molecule has 0 unspecified atom stereocenters. The first-order valence-corrected chi connectivity index (χ1v) is 11.0. The Bertz CT molecular complexity index is 1290. The molecule has 0 spiro atoms. The molecule has 5 rings (SSSR count). The van der Waals surface area contributed by atoms with Crippen LogP contribution in [-0.2, 0) is 0 Å². The molecular formula is C23H24ClN7O2. The van der Waals surface area contributed by atoms with Gasteiger partial charge in [-0.3, -0.25) is 4.40 Å². The van der Waals surface area contributed by atoms with E-state index >= 15 is 0 Å². The van der Waals surface area contributed by atoms with E-state index in [1.165, 1.54) is 0 Å². The lowest BCUT2D eigenvalue weighted by atomic mass is 10.2. The number of nitrogens with one attached hydrogen (secondary N) is 2. The molecule has 1 aromatic carbocycles. The highest BCUT2D eigenvalue weighted by atomic mass is 35.5. The number of fused-ring (bicyclic) bond motifs is 1. The van der Waals surface area contributed by atoms with Crippen LogP contribution in [0.3, 0.4) is 0 Å². The van der Waals surface area contributed by atoms with Crippen molar-refractivity contribution >= 4 is 34.6 Å². The highest BCUT2D eigenvalue weighted by Crippen LogP contribution is 2.40. The van der Waals surface area contributed by atoms with Crippen LogP contribution in [0.4, 0.5) is 17.3 Å². The van der Waals surface area contributed by atoms with Crippen molar-refractivity contribution in [2.24, 2.45) is 0 Å². The minimum atomic E-state index is 0.385. The maximum absolute atomic E-state index is 6.45. The fourth-order valence-electron chi connectivity index (χ4n) is 3.97. The summed E-state index contributed by atoms with van der Waals surface area (Å²) in [7, 11) is 3.31. The molecule has 9 nitrogen and oxygen atoms in total. The van der Waals surface area contributed by atoms with Crippen LogP contribution in [0.25, 0.3) is 17.0 Å². The number of methoxy groups -OCH3 is 2. The largest absolute Gasteiger partial charge is 0.494 e. The Labute approximate surface area is 196 Å². The number of ether oxygens (including phenoxy) is 2. The first kappa shape index (κ1) is 21.3. The summed E-state index contributed by atoms with van der Waals surface area (Å²) in [5.41, 5.74) is 3.85. The second kappa shape index (κ2) is 9.13. The fourth-order valence-corrected chi connectivity index (χ4v) is 4.16. The number of aromatic nitrogens is 4. The van der Waals surface area contributed by atoms with Crippen LogP contribution in [0.2, 0.25) is 5.02 Å². The fraction of sp³-hybridized carbons (Fsp3) is 0.261. The molecule has 4 heterocycles. The maximum Gasteiger partial charge on any atom is 0.227 e. The van der Waals surface area contributed by atoms with Crippen molar-refractivity contribution in [3.63, 3.8) is 0 Å². The van der Waals surface area contributed by atoms with Crippen LogP contribution in [0, 0.1) is 0 Å². The van der Waals surface area contributed by atoms with Gasteiger partial charge in [0.25, 0.3) is 0 Å². The molecule has 1 fully saturated rings. The third-order valence-electron chi connectivity index (χ3n) is 5.61. The average molecular weight is 466 g/mol. The van der Waals surface area contributed by atoms with E-state index in [1.54, 1.807) is 26.6 Å². The van der Waals surface area contributed by atoms with E-state index < -0.39 is 0 Å². The van der Waals surface area contributed by atoms with Crippen molar-refractivity contribution in [1.29, 1.82) is 0 Å². The van der Waals surface area contributed by atoms with E-state index in [4.69, 9.17) is 21.1 Å². The monoisotopic (exact) mass is 465 g/mol. The van der Waals surface area contributed by atoms with Gasteiger partial charge in [0.1, 0.15) is 22.8 Å². The SMILES string of the molecule is COc1cc(N2CCNCC2)c(OC)cc1Nc1ncc(Cl)c(-c2cnc3ccccn23)n1. The normalized spacial score (nSPS) is 13.8. The molecule has 0 amide bonds. The Hall–Kier alpha value is -3.56. The number of benzene rings is 1. The molecule has 1 aliphatic rings. The van der Waals surface area contributed by atoms with Gasteiger partial charge in [0.15, 0.2) is 0 Å². The van der Waals surface area contributed by atoms with Crippen molar-refractivity contribution in [3.05, 3.63) is 53.9 Å². The number of pyridine rings is 1. The summed E-state index contributed by atoms with van der Waals surface area (Å²) in [6.45, 7) is 3.65.